The molecule has 5 nitrogen and oxygen atoms in total. The summed E-state index contributed by atoms with van der Waals surface area (Å²) in [5.41, 5.74) is 0.514. The Hall–Kier alpha value is -1.78. The number of carbonyl (C=O) groups excluding carboxylic acids is 2. The van der Waals surface area contributed by atoms with Gasteiger partial charge in [-0.2, -0.15) is 0 Å². The van der Waals surface area contributed by atoms with E-state index in [0.29, 0.717) is 24.8 Å². The maximum Gasteiger partial charge on any atom is 0.289 e. The monoisotopic (exact) mass is 330 g/mol. The molecule has 24 heavy (non-hydrogen) atoms. The highest BCUT2D eigenvalue weighted by Gasteiger charge is 2.50. The highest BCUT2D eigenvalue weighted by Crippen LogP contribution is 2.41. The van der Waals surface area contributed by atoms with Gasteiger partial charge in [0.15, 0.2) is 5.76 Å². The van der Waals surface area contributed by atoms with Gasteiger partial charge in [-0.05, 0) is 51.0 Å². The van der Waals surface area contributed by atoms with E-state index in [-0.39, 0.29) is 17.2 Å². The summed E-state index contributed by atoms with van der Waals surface area (Å²) in [6.45, 7) is 4.90. The number of likely N-dealkylation sites (tertiary alicyclic amines) is 2. The minimum atomic E-state index is -0.349. The van der Waals surface area contributed by atoms with Crippen LogP contribution in [0.5, 0.6) is 0 Å². The molecular formula is C19H26N2O3. The van der Waals surface area contributed by atoms with Gasteiger partial charge in [0.25, 0.3) is 5.91 Å². The lowest BCUT2D eigenvalue weighted by Gasteiger charge is -2.42. The Balaban J connectivity index is 1.46. The Morgan fingerprint density at radius 1 is 1.29 bits per heavy atom. The summed E-state index contributed by atoms with van der Waals surface area (Å²) in [5.74, 6) is 1.33. The highest BCUT2D eigenvalue weighted by atomic mass is 16.3. The zero-order chi connectivity index (χ0) is 16.7. The van der Waals surface area contributed by atoms with Crippen LogP contribution in [0.2, 0.25) is 0 Å². The number of amides is 2. The third-order valence-electron chi connectivity index (χ3n) is 6.22. The van der Waals surface area contributed by atoms with Crippen molar-refractivity contribution in [2.45, 2.75) is 45.4 Å². The van der Waals surface area contributed by atoms with Crippen LogP contribution >= 0.6 is 0 Å². The Labute approximate surface area is 143 Å². The van der Waals surface area contributed by atoms with Gasteiger partial charge in [-0.25, -0.2) is 0 Å². The molecule has 3 aliphatic rings. The molecule has 1 aromatic rings. The van der Waals surface area contributed by atoms with Gasteiger partial charge in [0, 0.05) is 31.7 Å². The quantitative estimate of drug-likeness (QED) is 0.856. The van der Waals surface area contributed by atoms with E-state index in [1.807, 2.05) is 17.9 Å². The van der Waals surface area contributed by atoms with Gasteiger partial charge in [0.2, 0.25) is 5.91 Å². The SMILES string of the molecule is Cc1ccoc1C(=O)N1CCC2(CCCN(CC3CCC3)C2=O)C1. The minimum absolute atomic E-state index is 0.0710. The molecule has 1 aliphatic carbocycles. The zero-order valence-electron chi connectivity index (χ0n) is 14.4. The van der Waals surface area contributed by atoms with Crippen LogP contribution in [-0.4, -0.2) is 47.8 Å². The maximum atomic E-state index is 13.1. The molecule has 5 heteroatoms. The molecule has 2 amide bonds. The molecule has 0 N–H and O–H groups in total. The van der Waals surface area contributed by atoms with Crippen LogP contribution in [0.4, 0.5) is 0 Å². The molecule has 1 saturated carbocycles. The van der Waals surface area contributed by atoms with Gasteiger partial charge < -0.3 is 14.2 Å². The lowest BCUT2D eigenvalue weighted by atomic mass is 9.77. The molecule has 4 rings (SSSR count). The van der Waals surface area contributed by atoms with E-state index in [1.54, 1.807) is 6.26 Å². The Morgan fingerprint density at radius 2 is 2.12 bits per heavy atom. The third kappa shape index (κ3) is 2.54. The third-order valence-corrected chi connectivity index (χ3v) is 6.22. The van der Waals surface area contributed by atoms with Gasteiger partial charge >= 0.3 is 0 Å². The fourth-order valence-electron chi connectivity index (χ4n) is 4.47. The van der Waals surface area contributed by atoms with Gasteiger partial charge in [-0.3, -0.25) is 9.59 Å². The van der Waals surface area contributed by atoms with Crippen molar-refractivity contribution in [3.8, 4) is 0 Å². The molecule has 2 aliphatic heterocycles. The number of aryl methyl sites for hydroxylation is 1. The van der Waals surface area contributed by atoms with Crippen LogP contribution in [-0.2, 0) is 4.79 Å². The summed E-state index contributed by atoms with van der Waals surface area (Å²) in [6, 6.07) is 1.81. The number of furan rings is 1. The lowest BCUT2D eigenvalue weighted by molar-refractivity contribution is -0.146. The van der Waals surface area contributed by atoms with Crippen molar-refractivity contribution < 1.29 is 14.0 Å². The van der Waals surface area contributed by atoms with Crippen molar-refractivity contribution in [3.05, 3.63) is 23.7 Å². The zero-order valence-corrected chi connectivity index (χ0v) is 14.4. The summed E-state index contributed by atoms with van der Waals surface area (Å²) in [7, 11) is 0. The van der Waals surface area contributed by atoms with Crippen molar-refractivity contribution in [1.29, 1.82) is 0 Å². The van der Waals surface area contributed by atoms with E-state index in [0.717, 1.165) is 37.9 Å². The summed E-state index contributed by atoms with van der Waals surface area (Å²) >= 11 is 0. The normalized spacial score (nSPS) is 27.8. The van der Waals surface area contributed by atoms with Crippen LogP contribution in [0.3, 0.4) is 0 Å². The fourth-order valence-corrected chi connectivity index (χ4v) is 4.47. The molecule has 3 heterocycles. The fraction of sp³-hybridized carbons (Fsp3) is 0.684. The average Bonchev–Trinajstić information content (AvgIpc) is 3.14. The molecule has 1 unspecified atom stereocenters. The molecule has 3 fully saturated rings. The number of hydrogen-bond acceptors (Lipinski definition) is 3. The lowest BCUT2D eigenvalue weighted by Crippen LogP contribution is -2.52. The average molecular weight is 330 g/mol. The molecular weight excluding hydrogens is 304 g/mol. The van der Waals surface area contributed by atoms with Gasteiger partial charge in [-0.1, -0.05) is 6.42 Å². The molecule has 1 atom stereocenters. The predicted molar refractivity (Wildman–Crippen MR) is 89.6 cm³/mol. The van der Waals surface area contributed by atoms with Crippen LogP contribution < -0.4 is 0 Å². The van der Waals surface area contributed by atoms with Gasteiger partial charge in [0.05, 0.1) is 11.7 Å². The second-order valence-corrected chi connectivity index (χ2v) is 7.84. The van der Waals surface area contributed by atoms with E-state index < -0.39 is 0 Å². The van der Waals surface area contributed by atoms with Crippen LogP contribution in [0.1, 0.15) is 54.6 Å². The standard InChI is InChI=1S/C19H26N2O3/c1-14-6-11-24-16(14)17(22)21-10-8-19(13-21)7-3-9-20(18(19)23)12-15-4-2-5-15/h6,11,15H,2-5,7-10,12-13H2,1H3. The van der Waals surface area contributed by atoms with E-state index in [2.05, 4.69) is 4.90 Å². The van der Waals surface area contributed by atoms with E-state index in [1.165, 1.54) is 19.3 Å². The van der Waals surface area contributed by atoms with Crippen LogP contribution in [0, 0.1) is 18.3 Å². The molecule has 130 valence electrons. The van der Waals surface area contributed by atoms with Crippen molar-refractivity contribution in [1.82, 2.24) is 9.80 Å². The molecule has 0 aromatic carbocycles. The summed E-state index contributed by atoms with van der Waals surface area (Å²) < 4.78 is 5.35. The predicted octanol–water partition coefficient (Wildman–Crippen LogP) is 2.84. The second-order valence-electron chi connectivity index (χ2n) is 7.84. The first kappa shape index (κ1) is 15.7. The van der Waals surface area contributed by atoms with Crippen molar-refractivity contribution in [2.24, 2.45) is 11.3 Å². The largest absolute Gasteiger partial charge is 0.459 e. The van der Waals surface area contributed by atoms with Crippen molar-refractivity contribution in [2.75, 3.05) is 26.2 Å². The van der Waals surface area contributed by atoms with E-state index >= 15 is 0 Å². The topological polar surface area (TPSA) is 53.8 Å². The van der Waals surface area contributed by atoms with E-state index in [9.17, 15) is 9.59 Å². The number of nitrogens with zero attached hydrogens (tertiary/aromatic N) is 2. The minimum Gasteiger partial charge on any atom is -0.459 e. The number of rotatable bonds is 3. The second kappa shape index (κ2) is 5.94. The summed E-state index contributed by atoms with van der Waals surface area (Å²) in [5, 5.41) is 0. The molecule has 0 bridgehead atoms. The van der Waals surface area contributed by atoms with Crippen LogP contribution in [0.25, 0.3) is 0 Å². The first-order chi connectivity index (χ1) is 11.6. The van der Waals surface area contributed by atoms with Crippen LogP contribution in [0.15, 0.2) is 16.7 Å². The molecule has 1 aromatic heterocycles. The van der Waals surface area contributed by atoms with Crippen molar-refractivity contribution >= 4 is 11.8 Å². The van der Waals surface area contributed by atoms with Gasteiger partial charge in [0.1, 0.15) is 0 Å². The van der Waals surface area contributed by atoms with Crippen molar-refractivity contribution in [3.63, 3.8) is 0 Å². The van der Waals surface area contributed by atoms with E-state index in [4.69, 9.17) is 4.42 Å². The first-order valence-electron chi connectivity index (χ1n) is 9.22. The number of carbonyl (C=O) groups is 2. The number of hydrogen-bond donors (Lipinski definition) is 0. The first-order valence-corrected chi connectivity index (χ1v) is 9.22. The molecule has 1 spiro atoms. The maximum absolute atomic E-state index is 13.1. The number of piperidine rings is 1. The highest BCUT2D eigenvalue weighted by molar-refractivity contribution is 5.94. The molecule has 2 saturated heterocycles. The Kier molecular flexibility index (Phi) is 3.89. The Morgan fingerprint density at radius 3 is 2.79 bits per heavy atom. The summed E-state index contributed by atoms with van der Waals surface area (Å²) in [4.78, 5) is 29.7. The molecule has 0 radical (unpaired) electrons. The summed E-state index contributed by atoms with van der Waals surface area (Å²) in [6.07, 6.45) is 8.15. The Bertz CT molecular complexity index is 649. The van der Waals surface area contributed by atoms with Gasteiger partial charge in [-0.15, -0.1) is 0 Å². The smallest absolute Gasteiger partial charge is 0.289 e.